The summed E-state index contributed by atoms with van der Waals surface area (Å²) >= 11 is 1.73. The minimum atomic E-state index is -0.419. The molecule has 1 rings (SSSR count). The second-order valence-electron chi connectivity index (χ2n) is 5.61. The van der Waals surface area contributed by atoms with Crippen LogP contribution >= 0.6 is 11.8 Å². The lowest BCUT2D eigenvalue weighted by molar-refractivity contribution is -0.155. The molecule has 0 N–H and O–H groups in total. The van der Waals surface area contributed by atoms with Crippen LogP contribution in [0.5, 0.6) is 0 Å². The molecule has 4 heteroatoms. The van der Waals surface area contributed by atoms with Gasteiger partial charge in [-0.1, -0.05) is 12.1 Å². The molecule has 0 bridgehead atoms. The molecule has 106 valence electrons. The molecule has 0 heterocycles. The van der Waals surface area contributed by atoms with Gasteiger partial charge in [0.1, 0.15) is 5.60 Å². The third kappa shape index (κ3) is 6.64. The highest BCUT2D eigenvalue weighted by atomic mass is 32.2. The van der Waals surface area contributed by atoms with Crippen molar-refractivity contribution in [2.45, 2.75) is 37.8 Å². The molecular formula is C15H23NO2S. The van der Waals surface area contributed by atoms with Crippen LogP contribution in [0.1, 0.15) is 26.3 Å². The summed E-state index contributed by atoms with van der Waals surface area (Å²) in [6.45, 7) is 6.69. The summed E-state index contributed by atoms with van der Waals surface area (Å²) in [6.07, 6.45) is 2.06. The number of esters is 1. The van der Waals surface area contributed by atoms with Gasteiger partial charge in [-0.05, 0) is 51.8 Å². The summed E-state index contributed by atoms with van der Waals surface area (Å²) in [4.78, 5) is 14.9. The summed E-state index contributed by atoms with van der Waals surface area (Å²) < 4.78 is 5.30. The van der Waals surface area contributed by atoms with Gasteiger partial charge in [0.05, 0.1) is 6.54 Å². The van der Waals surface area contributed by atoms with E-state index in [0.717, 1.165) is 6.54 Å². The van der Waals surface area contributed by atoms with Gasteiger partial charge in [-0.2, -0.15) is 0 Å². The Morgan fingerprint density at radius 1 is 1.26 bits per heavy atom. The first-order valence-corrected chi connectivity index (χ1v) is 7.56. The van der Waals surface area contributed by atoms with Gasteiger partial charge in [-0.15, -0.1) is 11.8 Å². The molecule has 0 saturated carbocycles. The van der Waals surface area contributed by atoms with E-state index < -0.39 is 5.60 Å². The summed E-state index contributed by atoms with van der Waals surface area (Å²) in [5, 5.41) is 0. The van der Waals surface area contributed by atoms with Crippen LogP contribution in [0.15, 0.2) is 29.2 Å². The van der Waals surface area contributed by atoms with Crippen molar-refractivity contribution < 1.29 is 9.53 Å². The minimum absolute atomic E-state index is 0.185. The average molecular weight is 281 g/mol. The summed E-state index contributed by atoms with van der Waals surface area (Å²) in [5.41, 5.74) is 0.779. The Labute approximate surface area is 120 Å². The minimum Gasteiger partial charge on any atom is -0.459 e. The molecule has 0 fully saturated rings. The SMILES string of the molecule is CSc1ccc(CN(C)CC(=O)OC(C)(C)C)cc1. The monoisotopic (exact) mass is 281 g/mol. The number of nitrogens with zero attached hydrogens (tertiary/aromatic N) is 1. The van der Waals surface area contributed by atoms with Crippen LogP contribution in [0, 0.1) is 0 Å². The molecule has 0 radical (unpaired) electrons. The number of ether oxygens (including phenoxy) is 1. The highest BCUT2D eigenvalue weighted by Gasteiger charge is 2.17. The lowest BCUT2D eigenvalue weighted by Crippen LogP contribution is -2.32. The van der Waals surface area contributed by atoms with Crippen LogP contribution in [-0.4, -0.2) is 36.3 Å². The van der Waals surface area contributed by atoms with E-state index in [1.54, 1.807) is 11.8 Å². The van der Waals surface area contributed by atoms with Crippen molar-refractivity contribution in [3.8, 4) is 0 Å². The molecular weight excluding hydrogens is 258 g/mol. The Bertz CT molecular complexity index is 409. The van der Waals surface area contributed by atoms with Gasteiger partial charge in [-0.3, -0.25) is 9.69 Å². The van der Waals surface area contributed by atoms with E-state index in [1.165, 1.54) is 10.5 Å². The normalized spacial score (nSPS) is 11.7. The van der Waals surface area contributed by atoms with Gasteiger partial charge in [0.25, 0.3) is 0 Å². The lowest BCUT2D eigenvalue weighted by atomic mass is 10.2. The maximum atomic E-state index is 11.7. The summed E-state index contributed by atoms with van der Waals surface area (Å²) in [6, 6.07) is 8.39. The molecule has 0 atom stereocenters. The number of thioether (sulfide) groups is 1. The van der Waals surface area contributed by atoms with Crippen molar-refractivity contribution >= 4 is 17.7 Å². The van der Waals surface area contributed by atoms with Crippen molar-refractivity contribution in [3.63, 3.8) is 0 Å². The van der Waals surface area contributed by atoms with Crippen molar-refractivity contribution in [1.29, 1.82) is 0 Å². The van der Waals surface area contributed by atoms with Crippen molar-refractivity contribution in [2.24, 2.45) is 0 Å². The molecule has 1 aromatic rings. The summed E-state index contributed by atoms with van der Waals surface area (Å²) in [5.74, 6) is -0.185. The highest BCUT2D eigenvalue weighted by molar-refractivity contribution is 7.98. The quantitative estimate of drug-likeness (QED) is 0.612. The Morgan fingerprint density at radius 2 is 1.84 bits per heavy atom. The Balaban J connectivity index is 2.46. The number of rotatable bonds is 5. The Kier molecular flexibility index (Phi) is 5.88. The number of hydrogen-bond donors (Lipinski definition) is 0. The fourth-order valence-corrected chi connectivity index (χ4v) is 2.10. The van der Waals surface area contributed by atoms with Crippen LogP contribution in [0.3, 0.4) is 0 Å². The van der Waals surface area contributed by atoms with Crippen molar-refractivity contribution in [2.75, 3.05) is 19.8 Å². The number of carbonyl (C=O) groups excluding carboxylic acids is 1. The lowest BCUT2D eigenvalue weighted by Gasteiger charge is -2.22. The standard InChI is InChI=1S/C15H23NO2S/c1-15(2,3)18-14(17)11-16(4)10-12-6-8-13(19-5)9-7-12/h6-9H,10-11H2,1-5H3. The zero-order valence-corrected chi connectivity index (χ0v) is 13.2. The maximum Gasteiger partial charge on any atom is 0.320 e. The van der Waals surface area contributed by atoms with Crippen LogP contribution < -0.4 is 0 Å². The van der Waals surface area contributed by atoms with Crippen molar-refractivity contribution in [1.82, 2.24) is 4.90 Å². The van der Waals surface area contributed by atoms with Gasteiger partial charge in [0.15, 0.2) is 0 Å². The van der Waals surface area contributed by atoms with Gasteiger partial charge in [-0.25, -0.2) is 0 Å². The van der Waals surface area contributed by atoms with Gasteiger partial charge >= 0.3 is 5.97 Å². The second kappa shape index (κ2) is 6.96. The first-order valence-electron chi connectivity index (χ1n) is 6.33. The van der Waals surface area contributed by atoms with Gasteiger partial charge in [0, 0.05) is 11.4 Å². The second-order valence-corrected chi connectivity index (χ2v) is 6.49. The van der Waals surface area contributed by atoms with Crippen LogP contribution in [0.2, 0.25) is 0 Å². The van der Waals surface area contributed by atoms with E-state index in [9.17, 15) is 4.79 Å². The van der Waals surface area contributed by atoms with Crippen LogP contribution in [-0.2, 0) is 16.1 Å². The number of hydrogen-bond acceptors (Lipinski definition) is 4. The number of carbonyl (C=O) groups is 1. The molecule has 19 heavy (non-hydrogen) atoms. The molecule has 3 nitrogen and oxygen atoms in total. The van der Waals surface area contributed by atoms with Crippen LogP contribution in [0.4, 0.5) is 0 Å². The molecule has 0 unspecified atom stereocenters. The Hall–Kier alpha value is -1.00. The van der Waals surface area contributed by atoms with E-state index >= 15 is 0 Å². The van der Waals surface area contributed by atoms with E-state index in [-0.39, 0.29) is 5.97 Å². The summed E-state index contributed by atoms with van der Waals surface area (Å²) in [7, 11) is 1.92. The molecule has 0 saturated heterocycles. The van der Waals surface area contributed by atoms with Gasteiger partial charge < -0.3 is 4.74 Å². The first kappa shape index (κ1) is 16.1. The Morgan fingerprint density at radius 3 is 2.32 bits per heavy atom. The van der Waals surface area contributed by atoms with Gasteiger partial charge in [0.2, 0.25) is 0 Å². The third-order valence-electron chi connectivity index (χ3n) is 2.43. The zero-order valence-electron chi connectivity index (χ0n) is 12.4. The largest absolute Gasteiger partial charge is 0.459 e. The van der Waals surface area contributed by atoms with Crippen LogP contribution in [0.25, 0.3) is 0 Å². The van der Waals surface area contributed by atoms with E-state index in [0.29, 0.717) is 6.54 Å². The number of benzene rings is 1. The molecule has 1 aromatic carbocycles. The maximum absolute atomic E-state index is 11.7. The predicted octanol–water partition coefficient (Wildman–Crippen LogP) is 3.18. The van der Waals surface area contributed by atoms with E-state index in [1.807, 2.05) is 32.7 Å². The zero-order chi connectivity index (χ0) is 14.5. The predicted molar refractivity (Wildman–Crippen MR) is 80.4 cm³/mol. The first-order chi connectivity index (χ1) is 8.80. The third-order valence-corrected chi connectivity index (χ3v) is 3.17. The smallest absolute Gasteiger partial charge is 0.320 e. The average Bonchev–Trinajstić information content (AvgIpc) is 2.27. The molecule has 0 aliphatic rings. The fraction of sp³-hybridized carbons (Fsp3) is 0.533. The molecule has 0 spiro atoms. The highest BCUT2D eigenvalue weighted by Crippen LogP contribution is 2.15. The van der Waals surface area contributed by atoms with E-state index in [2.05, 4.69) is 30.5 Å². The number of likely N-dealkylation sites (N-methyl/N-ethyl adjacent to an activating group) is 1. The topological polar surface area (TPSA) is 29.5 Å². The molecule has 0 aliphatic heterocycles. The van der Waals surface area contributed by atoms with Crippen molar-refractivity contribution in [3.05, 3.63) is 29.8 Å². The van der Waals surface area contributed by atoms with E-state index in [4.69, 9.17) is 4.74 Å². The fourth-order valence-electron chi connectivity index (χ4n) is 1.69. The molecule has 0 amide bonds. The molecule has 0 aliphatic carbocycles. The molecule has 0 aromatic heterocycles.